The minimum Gasteiger partial charge on any atom is -0.494 e. The molecule has 1 heterocycles. The summed E-state index contributed by atoms with van der Waals surface area (Å²) in [4.78, 5) is 12.4. The number of hydrogen-bond donors (Lipinski definition) is 1. The maximum absolute atomic E-state index is 12.4. The fraction of sp³-hybridized carbons (Fsp3) is 0.263. The zero-order valence-electron chi connectivity index (χ0n) is 15.4. The average molecular weight is 383 g/mol. The third-order valence-electron chi connectivity index (χ3n) is 3.96. The van der Waals surface area contributed by atoms with Crippen LogP contribution in [0.2, 0.25) is 0 Å². The van der Waals surface area contributed by atoms with E-state index in [1.54, 1.807) is 11.8 Å². The first-order valence-electron chi connectivity index (χ1n) is 8.50. The highest BCUT2D eigenvalue weighted by molar-refractivity contribution is 8.00. The molecule has 0 saturated heterocycles. The van der Waals surface area contributed by atoms with Crippen LogP contribution >= 0.6 is 11.8 Å². The highest BCUT2D eigenvalue weighted by Crippen LogP contribution is 2.28. The van der Waals surface area contributed by atoms with Gasteiger partial charge in [-0.05, 0) is 47.5 Å². The summed E-state index contributed by atoms with van der Waals surface area (Å²) in [5.74, 6) is 0.588. The highest BCUT2D eigenvalue weighted by Gasteiger charge is 2.20. The standard InChI is InChI=1S/C19H21N5O2S/c1-13-9-10-17(26-3)16(11-13)24-19(21-22-23-24)27-14(2)18(25)20-12-15-7-5-4-6-8-15/h4-11,14H,12H2,1-3H3,(H,20,25)/t14-/m1/s1. The summed E-state index contributed by atoms with van der Waals surface area (Å²) in [6.07, 6.45) is 0. The predicted molar refractivity (Wildman–Crippen MR) is 104 cm³/mol. The van der Waals surface area contributed by atoms with E-state index in [0.29, 0.717) is 17.5 Å². The molecule has 140 valence electrons. The van der Waals surface area contributed by atoms with E-state index in [4.69, 9.17) is 4.74 Å². The van der Waals surface area contributed by atoms with Crippen LogP contribution in [0.15, 0.2) is 53.7 Å². The fourth-order valence-electron chi connectivity index (χ4n) is 2.51. The molecular formula is C19H21N5O2S. The number of nitrogens with zero attached hydrogens (tertiary/aromatic N) is 4. The predicted octanol–water partition coefficient (Wildman–Crippen LogP) is 2.78. The van der Waals surface area contributed by atoms with Gasteiger partial charge in [-0.2, -0.15) is 4.68 Å². The quantitative estimate of drug-likeness (QED) is 0.632. The lowest BCUT2D eigenvalue weighted by Crippen LogP contribution is -2.30. The van der Waals surface area contributed by atoms with Gasteiger partial charge in [0.25, 0.3) is 0 Å². The number of carbonyl (C=O) groups is 1. The number of tetrazole rings is 1. The van der Waals surface area contributed by atoms with Crippen LogP contribution in [0, 0.1) is 6.92 Å². The number of nitrogens with one attached hydrogen (secondary N) is 1. The van der Waals surface area contributed by atoms with Crippen LogP contribution in [0.4, 0.5) is 0 Å². The van der Waals surface area contributed by atoms with Crippen molar-refractivity contribution in [2.45, 2.75) is 30.8 Å². The van der Waals surface area contributed by atoms with E-state index < -0.39 is 0 Å². The van der Waals surface area contributed by atoms with E-state index in [1.165, 1.54) is 11.8 Å². The molecule has 1 amide bonds. The van der Waals surface area contributed by atoms with E-state index in [2.05, 4.69) is 20.8 Å². The molecule has 0 radical (unpaired) electrons. The maximum atomic E-state index is 12.4. The number of amides is 1. The number of thioether (sulfide) groups is 1. The molecule has 0 spiro atoms. The molecule has 8 heteroatoms. The third kappa shape index (κ3) is 4.65. The number of hydrogen-bond acceptors (Lipinski definition) is 6. The molecular weight excluding hydrogens is 362 g/mol. The fourth-order valence-corrected chi connectivity index (χ4v) is 3.33. The van der Waals surface area contributed by atoms with Crippen molar-refractivity contribution in [2.75, 3.05) is 7.11 Å². The molecule has 1 aromatic heterocycles. The molecule has 1 N–H and O–H groups in total. The zero-order valence-corrected chi connectivity index (χ0v) is 16.2. The molecule has 0 bridgehead atoms. The SMILES string of the molecule is COc1ccc(C)cc1-n1nnnc1S[C@H](C)C(=O)NCc1ccccc1. The van der Waals surface area contributed by atoms with Crippen molar-refractivity contribution in [3.05, 3.63) is 59.7 Å². The van der Waals surface area contributed by atoms with Gasteiger partial charge in [0.1, 0.15) is 11.4 Å². The van der Waals surface area contributed by atoms with Crippen LogP contribution in [-0.4, -0.2) is 38.5 Å². The van der Waals surface area contributed by atoms with E-state index in [-0.39, 0.29) is 11.2 Å². The number of methoxy groups -OCH3 is 1. The van der Waals surface area contributed by atoms with Crippen LogP contribution in [0.25, 0.3) is 5.69 Å². The van der Waals surface area contributed by atoms with Gasteiger partial charge in [0.05, 0.1) is 12.4 Å². The second-order valence-electron chi connectivity index (χ2n) is 6.01. The average Bonchev–Trinajstić information content (AvgIpc) is 3.14. The molecule has 0 fully saturated rings. The smallest absolute Gasteiger partial charge is 0.233 e. The minimum absolute atomic E-state index is 0.0744. The summed E-state index contributed by atoms with van der Waals surface area (Å²) >= 11 is 1.30. The molecule has 0 unspecified atom stereocenters. The van der Waals surface area contributed by atoms with E-state index in [1.807, 2.05) is 62.4 Å². The Labute approximate surface area is 162 Å². The van der Waals surface area contributed by atoms with Crippen molar-refractivity contribution in [3.8, 4) is 11.4 Å². The largest absolute Gasteiger partial charge is 0.494 e. The van der Waals surface area contributed by atoms with Gasteiger partial charge in [-0.1, -0.05) is 48.2 Å². The number of aromatic nitrogens is 4. The van der Waals surface area contributed by atoms with Crippen molar-refractivity contribution in [1.82, 2.24) is 25.5 Å². The summed E-state index contributed by atoms with van der Waals surface area (Å²) < 4.78 is 7.01. The maximum Gasteiger partial charge on any atom is 0.233 e. The summed E-state index contributed by atoms with van der Waals surface area (Å²) in [5.41, 5.74) is 2.85. The van der Waals surface area contributed by atoms with Crippen molar-refractivity contribution in [2.24, 2.45) is 0 Å². The zero-order chi connectivity index (χ0) is 19.2. The Kier molecular flexibility index (Phi) is 6.08. The number of carbonyl (C=O) groups excluding carboxylic acids is 1. The summed E-state index contributed by atoms with van der Waals surface area (Å²) in [6, 6.07) is 15.6. The molecule has 3 rings (SSSR count). The molecule has 3 aromatic rings. The second kappa shape index (κ2) is 8.68. The van der Waals surface area contributed by atoms with Crippen molar-refractivity contribution >= 4 is 17.7 Å². The van der Waals surface area contributed by atoms with E-state index >= 15 is 0 Å². The highest BCUT2D eigenvalue weighted by atomic mass is 32.2. The van der Waals surface area contributed by atoms with Gasteiger partial charge in [0, 0.05) is 6.54 Å². The Morgan fingerprint density at radius 1 is 1.26 bits per heavy atom. The van der Waals surface area contributed by atoms with Gasteiger partial charge in [-0.25, -0.2) is 0 Å². The first-order chi connectivity index (χ1) is 13.1. The summed E-state index contributed by atoms with van der Waals surface area (Å²) in [5, 5.41) is 15.0. The van der Waals surface area contributed by atoms with Crippen LogP contribution in [-0.2, 0) is 11.3 Å². The lowest BCUT2D eigenvalue weighted by atomic mass is 10.2. The Morgan fingerprint density at radius 3 is 2.78 bits per heavy atom. The number of ether oxygens (including phenoxy) is 1. The molecule has 0 aliphatic carbocycles. The Balaban J connectivity index is 1.71. The van der Waals surface area contributed by atoms with Gasteiger partial charge in [-0.15, -0.1) is 5.10 Å². The second-order valence-corrected chi connectivity index (χ2v) is 7.32. The lowest BCUT2D eigenvalue weighted by Gasteiger charge is -2.13. The monoisotopic (exact) mass is 383 g/mol. The minimum atomic E-state index is -0.353. The first kappa shape index (κ1) is 18.9. The molecule has 27 heavy (non-hydrogen) atoms. The van der Waals surface area contributed by atoms with Crippen LogP contribution in [0.3, 0.4) is 0 Å². The molecule has 0 aliphatic heterocycles. The first-order valence-corrected chi connectivity index (χ1v) is 9.38. The lowest BCUT2D eigenvalue weighted by molar-refractivity contribution is -0.120. The Morgan fingerprint density at radius 2 is 2.04 bits per heavy atom. The molecule has 1 atom stereocenters. The third-order valence-corrected chi connectivity index (χ3v) is 5.00. The molecule has 7 nitrogen and oxygen atoms in total. The van der Waals surface area contributed by atoms with Gasteiger partial charge in [0.15, 0.2) is 0 Å². The van der Waals surface area contributed by atoms with Crippen molar-refractivity contribution < 1.29 is 9.53 Å². The Hall–Kier alpha value is -2.87. The van der Waals surface area contributed by atoms with Crippen LogP contribution < -0.4 is 10.1 Å². The van der Waals surface area contributed by atoms with Crippen molar-refractivity contribution in [1.29, 1.82) is 0 Å². The number of aryl methyl sites for hydroxylation is 1. The normalized spacial score (nSPS) is 11.8. The van der Waals surface area contributed by atoms with E-state index in [0.717, 1.165) is 16.8 Å². The van der Waals surface area contributed by atoms with Gasteiger partial charge in [-0.3, -0.25) is 4.79 Å². The topological polar surface area (TPSA) is 81.9 Å². The molecule has 0 aliphatic rings. The number of rotatable bonds is 7. The molecule has 0 saturated carbocycles. The van der Waals surface area contributed by atoms with Crippen molar-refractivity contribution in [3.63, 3.8) is 0 Å². The van der Waals surface area contributed by atoms with E-state index in [9.17, 15) is 4.79 Å². The summed E-state index contributed by atoms with van der Waals surface area (Å²) in [7, 11) is 1.60. The molecule has 2 aromatic carbocycles. The van der Waals surface area contributed by atoms with Crippen LogP contribution in [0.1, 0.15) is 18.1 Å². The van der Waals surface area contributed by atoms with Gasteiger partial charge >= 0.3 is 0 Å². The summed E-state index contributed by atoms with van der Waals surface area (Å²) in [6.45, 7) is 4.30. The number of benzene rings is 2. The van der Waals surface area contributed by atoms with Gasteiger partial charge < -0.3 is 10.1 Å². The van der Waals surface area contributed by atoms with Gasteiger partial charge in [0.2, 0.25) is 11.1 Å². The van der Waals surface area contributed by atoms with Crippen LogP contribution in [0.5, 0.6) is 5.75 Å². The Bertz CT molecular complexity index is 913.